The van der Waals surface area contributed by atoms with E-state index >= 15 is 0 Å². The first-order valence-corrected chi connectivity index (χ1v) is 12.0. The van der Waals surface area contributed by atoms with Gasteiger partial charge in [-0.3, -0.25) is 0 Å². The molecule has 26 heavy (non-hydrogen) atoms. The molecule has 0 saturated carbocycles. The molecule has 0 fully saturated rings. The van der Waals surface area contributed by atoms with E-state index in [1.54, 1.807) is 0 Å². The van der Waals surface area contributed by atoms with Crippen LogP contribution in [0.4, 0.5) is 0 Å². The molecule has 1 unspecified atom stereocenters. The van der Waals surface area contributed by atoms with Gasteiger partial charge in [0.05, 0.1) is 10.1 Å². The van der Waals surface area contributed by atoms with Crippen molar-refractivity contribution in [3.8, 4) is 0 Å². The van der Waals surface area contributed by atoms with Gasteiger partial charge in [-0.25, -0.2) is 8.42 Å². The van der Waals surface area contributed by atoms with Gasteiger partial charge in [0.25, 0.3) is 0 Å². The van der Waals surface area contributed by atoms with E-state index in [1.807, 2.05) is 0 Å². The maximum Gasteiger partial charge on any atom is 1.00 e. The average molecular weight is 401 g/mol. The summed E-state index contributed by atoms with van der Waals surface area (Å²) in [6.45, 7) is 2.31. The predicted octanol–water partition coefficient (Wildman–Crippen LogP) is 2.55. The minimum Gasteiger partial charge on any atom is -0.748 e. The fourth-order valence-corrected chi connectivity index (χ4v) is 4.22. The van der Waals surface area contributed by atoms with E-state index in [0.717, 1.165) is 19.3 Å². The first-order valence-electron chi connectivity index (χ1n) is 10.6. The van der Waals surface area contributed by atoms with Gasteiger partial charge in [-0.1, -0.05) is 90.4 Å². The van der Waals surface area contributed by atoms with Gasteiger partial charge in [0.15, 0.2) is 0 Å². The van der Waals surface area contributed by atoms with Crippen LogP contribution in [-0.4, -0.2) is 29.9 Å². The summed E-state index contributed by atoms with van der Waals surface area (Å²) in [5.41, 5.74) is 0. The molecule has 0 aliphatic carbocycles. The monoisotopic (exact) mass is 400 g/mol. The molecular formula is C20H41NaO4S. The van der Waals surface area contributed by atoms with Crippen LogP contribution in [0.25, 0.3) is 0 Å². The zero-order valence-electron chi connectivity index (χ0n) is 17.4. The van der Waals surface area contributed by atoms with Gasteiger partial charge in [0.2, 0.25) is 0 Å². The quantitative estimate of drug-likeness (QED) is 0.205. The van der Waals surface area contributed by atoms with Crippen molar-refractivity contribution in [3.05, 3.63) is 0 Å². The third-order valence-corrected chi connectivity index (χ3v) is 6.26. The smallest absolute Gasteiger partial charge is 0.748 e. The van der Waals surface area contributed by atoms with Crippen LogP contribution in [0.15, 0.2) is 0 Å². The summed E-state index contributed by atoms with van der Waals surface area (Å²) in [5.74, 6) is 0. The molecule has 0 bridgehead atoms. The molecule has 0 aliphatic rings. The van der Waals surface area contributed by atoms with E-state index < -0.39 is 15.4 Å². The summed E-state index contributed by atoms with van der Waals surface area (Å²) >= 11 is 0. The molecule has 0 amide bonds. The molecular weight excluding hydrogens is 359 g/mol. The molecule has 6 heteroatoms. The van der Waals surface area contributed by atoms with E-state index in [4.69, 9.17) is 5.11 Å². The second kappa shape index (κ2) is 20.6. The van der Waals surface area contributed by atoms with Crippen molar-refractivity contribution in [1.29, 1.82) is 0 Å². The van der Waals surface area contributed by atoms with Crippen LogP contribution in [0.3, 0.4) is 0 Å². The standard InChI is InChI=1S/C20H42O4S.Na/c1-2-3-4-5-6-7-8-9-10-11-12-13-14-17-20(25(22,23)24)18-15-16-19-21;/h20-21H,2-19H2,1H3,(H,22,23,24);/q;+1/p-1. The van der Waals surface area contributed by atoms with Crippen LogP contribution in [-0.2, 0) is 10.1 Å². The van der Waals surface area contributed by atoms with E-state index in [0.29, 0.717) is 25.7 Å². The zero-order chi connectivity index (χ0) is 18.8. The van der Waals surface area contributed by atoms with Gasteiger partial charge < -0.3 is 9.66 Å². The Balaban J connectivity index is 0. The van der Waals surface area contributed by atoms with Crippen molar-refractivity contribution in [1.82, 2.24) is 0 Å². The minimum atomic E-state index is -4.19. The largest absolute Gasteiger partial charge is 1.00 e. The summed E-state index contributed by atoms with van der Waals surface area (Å²) in [6.07, 6.45) is 18.4. The van der Waals surface area contributed by atoms with Crippen molar-refractivity contribution >= 4 is 10.1 Å². The summed E-state index contributed by atoms with van der Waals surface area (Å²) < 4.78 is 33.8. The number of aliphatic hydroxyl groups is 1. The molecule has 0 saturated heterocycles. The van der Waals surface area contributed by atoms with Crippen LogP contribution in [0.1, 0.15) is 116 Å². The fraction of sp³-hybridized carbons (Fsp3) is 1.00. The first kappa shape index (κ1) is 29.1. The van der Waals surface area contributed by atoms with Crippen LogP contribution in [0, 0.1) is 0 Å². The Morgan fingerprint density at radius 1 is 0.692 bits per heavy atom. The summed E-state index contributed by atoms with van der Waals surface area (Å²) in [6, 6.07) is 0. The maximum atomic E-state index is 11.3. The zero-order valence-corrected chi connectivity index (χ0v) is 20.2. The number of rotatable bonds is 19. The Labute approximate surface area is 185 Å². The van der Waals surface area contributed by atoms with Crippen molar-refractivity contribution < 1.29 is 47.6 Å². The average Bonchev–Trinajstić information content (AvgIpc) is 2.56. The van der Waals surface area contributed by atoms with Crippen molar-refractivity contribution in [2.75, 3.05) is 6.61 Å². The Hall–Kier alpha value is 0.870. The van der Waals surface area contributed by atoms with Gasteiger partial charge in [0.1, 0.15) is 0 Å². The summed E-state index contributed by atoms with van der Waals surface area (Å²) in [5, 5.41) is 8.00. The molecule has 0 rings (SSSR count). The van der Waals surface area contributed by atoms with E-state index in [9.17, 15) is 13.0 Å². The molecule has 0 aromatic heterocycles. The Morgan fingerprint density at radius 2 is 1.04 bits per heavy atom. The van der Waals surface area contributed by atoms with Crippen molar-refractivity contribution in [2.45, 2.75) is 121 Å². The van der Waals surface area contributed by atoms with Crippen LogP contribution >= 0.6 is 0 Å². The second-order valence-corrected chi connectivity index (χ2v) is 9.02. The van der Waals surface area contributed by atoms with E-state index in [2.05, 4.69) is 6.92 Å². The summed E-state index contributed by atoms with van der Waals surface area (Å²) in [4.78, 5) is 0. The predicted molar refractivity (Wildman–Crippen MR) is 105 cm³/mol. The van der Waals surface area contributed by atoms with E-state index in [1.165, 1.54) is 64.2 Å². The fourth-order valence-electron chi connectivity index (χ4n) is 3.31. The normalized spacial score (nSPS) is 12.7. The topological polar surface area (TPSA) is 77.4 Å². The third kappa shape index (κ3) is 19.6. The molecule has 152 valence electrons. The minimum absolute atomic E-state index is 0. The molecule has 0 aromatic carbocycles. The Morgan fingerprint density at radius 3 is 1.38 bits per heavy atom. The van der Waals surface area contributed by atoms with Gasteiger partial charge in [0, 0.05) is 11.9 Å². The first-order chi connectivity index (χ1) is 12.0. The number of hydrogen-bond acceptors (Lipinski definition) is 4. The molecule has 0 aliphatic heterocycles. The second-order valence-electron chi connectivity index (χ2n) is 7.37. The third-order valence-electron chi connectivity index (χ3n) is 4.97. The maximum absolute atomic E-state index is 11.3. The molecule has 0 radical (unpaired) electrons. The summed E-state index contributed by atoms with van der Waals surface area (Å²) in [7, 11) is -4.19. The van der Waals surface area contributed by atoms with Gasteiger partial charge in [-0.05, 0) is 25.7 Å². The number of aliphatic hydroxyl groups excluding tert-OH is 1. The molecule has 4 nitrogen and oxygen atoms in total. The molecule has 0 aromatic rings. The van der Waals surface area contributed by atoms with Gasteiger partial charge in [-0.15, -0.1) is 0 Å². The molecule has 0 heterocycles. The van der Waals surface area contributed by atoms with Gasteiger partial charge in [-0.2, -0.15) is 0 Å². The number of hydrogen-bond donors (Lipinski definition) is 1. The Kier molecular flexibility index (Phi) is 23.0. The molecule has 1 atom stereocenters. The van der Waals surface area contributed by atoms with Crippen LogP contribution in [0.2, 0.25) is 0 Å². The van der Waals surface area contributed by atoms with Gasteiger partial charge >= 0.3 is 29.6 Å². The Bertz CT molecular complexity index is 374. The van der Waals surface area contributed by atoms with E-state index in [-0.39, 0.29) is 36.2 Å². The molecule has 0 spiro atoms. The SMILES string of the molecule is CCCCCCCCCCCCCCCC(CCCCO)S(=O)(=O)[O-].[Na+]. The van der Waals surface area contributed by atoms with Crippen LogP contribution in [0.5, 0.6) is 0 Å². The molecule has 1 N–H and O–H groups in total. The van der Waals surface area contributed by atoms with Crippen molar-refractivity contribution in [3.63, 3.8) is 0 Å². The van der Waals surface area contributed by atoms with Crippen LogP contribution < -0.4 is 29.6 Å². The van der Waals surface area contributed by atoms with Crippen molar-refractivity contribution in [2.24, 2.45) is 0 Å². The number of unbranched alkanes of at least 4 members (excludes halogenated alkanes) is 13.